The molecule has 0 saturated heterocycles. The molecule has 7 nitrogen and oxygen atoms in total. The van der Waals surface area contributed by atoms with Gasteiger partial charge in [0.2, 0.25) is 0 Å². The molecular formula is C33H57N3O4S. The summed E-state index contributed by atoms with van der Waals surface area (Å²) in [6.45, 7) is 19.7. The summed E-state index contributed by atoms with van der Waals surface area (Å²) < 4.78 is 16.4. The number of benzene rings is 2. The normalized spacial score (nSPS) is 11.4. The van der Waals surface area contributed by atoms with Crippen molar-refractivity contribution in [1.82, 2.24) is 5.32 Å². The largest absolute Gasteiger partial charge is 0.489 e. The van der Waals surface area contributed by atoms with Crippen molar-refractivity contribution >= 4 is 24.7 Å². The molecule has 234 valence electrons. The molecule has 0 bridgehead atoms. The lowest BCUT2D eigenvalue weighted by Gasteiger charge is -2.15. The molecule has 2 rings (SSSR count). The van der Waals surface area contributed by atoms with Gasteiger partial charge in [-0.05, 0) is 61.6 Å². The number of hydrogen-bond donors (Lipinski definition) is 3. The van der Waals surface area contributed by atoms with Crippen molar-refractivity contribution in [3.8, 4) is 11.5 Å². The number of aliphatic imine (C=N–C) groups is 1. The van der Waals surface area contributed by atoms with E-state index in [4.69, 9.17) is 19.4 Å². The van der Waals surface area contributed by atoms with Crippen molar-refractivity contribution in [2.45, 2.75) is 87.9 Å². The van der Waals surface area contributed by atoms with E-state index >= 15 is 0 Å². The molecule has 0 spiro atoms. The summed E-state index contributed by atoms with van der Waals surface area (Å²) in [6, 6.07) is 14.6. The van der Waals surface area contributed by atoms with E-state index in [-0.39, 0.29) is 20.0 Å². The van der Waals surface area contributed by atoms with Crippen LogP contribution in [-0.4, -0.2) is 31.5 Å². The Balaban J connectivity index is -0.000000995. The second-order valence-electron chi connectivity index (χ2n) is 10.1. The van der Waals surface area contributed by atoms with Crippen LogP contribution in [0.3, 0.4) is 0 Å². The third-order valence-corrected chi connectivity index (χ3v) is 4.69. The number of carbonyl (C=O) groups is 1. The molecule has 0 aromatic heterocycles. The minimum Gasteiger partial charge on any atom is -0.489 e. The van der Waals surface area contributed by atoms with E-state index in [1.807, 2.05) is 51.1 Å². The highest BCUT2D eigenvalue weighted by Crippen LogP contribution is 2.25. The second-order valence-corrected chi connectivity index (χ2v) is 10.3. The third kappa shape index (κ3) is 23.4. The molecule has 2 aromatic carbocycles. The number of thiol groups is 1. The van der Waals surface area contributed by atoms with E-state index in [1.165, 1.54) is 18.9 Å². The Hall–Kier alpha value is -2.97. The average Bonchev–Trinajstić information content (AvgIpc) is 2.92. The van der Waals surface area contributed by atoms with Crippen molar-refractivity contribution in [2.24, 2.45) is 22.6 Å². The topological polar surface area (TPSA) is 95.2 Å². The molecule has 0 heterocycles. The van der Waals surface area contributed by atoms with Gasteiger partial charge in [0.05, 0.1) is 6.61 Å². The third-order valence-electron chi connectivity index (χ3n) is 4.54. The zero-order chi connectivity index (χ0) is 31.6. The van der Waals surface area contributed by atoms with Crippen molar-refractivity contribution in [3.63, 3.8) is 0 Å². The first-order chi connectivity index (χ1) is 19.5. The fourth-order valence-corrected chi connectivity index (χ4v) is 3.13. The summed E-state index contributed by atoms with van der Waals surface area (Å²) >= 11 is 3.74. The molecule has 0 aliphatic heterocycles. The molecule has 0 fully saturated rings. The molecular weight excluding hydrogens is 534 g/mol. The molecule has 0 aliphatic carbocycles. The van der Waals surface area contributed by atoms with E-state index in [0.29, 0.717) is 23.7 Å². The lowest BCUT2D eigenvalue weighted by molar-refractivity contribution is 0.100. The molecule has 2 aromatic rings. The number of amidine groups is 1. The Morgan fingerprint density at radius 2 is 1.63 bits per heavy atom. The SMILES string of the molecule is CC.CC(C)C.CCCC(C)C.CN/C=C\C(N)=NC(=O)c1cc(OCc2ccccc2)cc(O[C@@H](C)COS)c1.[HH]. The molecule has 0 radical (unpaired) electrons. The highest BCUT2D eigenvalue weighted by Gasteiger charge is 2.13. The lowest BCUT2D eigenvalue weighted by atomic mass is 10.1. The van der Waals surface area contributed by atoms with Crippen LogP contribution in [0.4, 0.5) is 0 Å². The van der Waals surface area contributed by atoms with Crippen molar-refractivity contribution in [3.05, 3.63) is 71.9 Å². The number of ether oxygens (including phenoxy) is 2. The van der Waals surface area contributed by atoms with E-state index < -0.39 is 5.91 Å². The van der Waals surface area contributed by atoms with Gasteiger partial charge in [0.15, 0.2) is 0 Å². The Labute approximate surface area is 257 Å². The van der Waals surface area contributed by atoms with Gasteiger partial charge in [0.1, 0.15) is 30.0 Å². The summed E-state index contributed by atoms with van der Waals surface area (Å²) in [5.74, 6) is 2.25. The quantitative estimate of drug-likeness (QED) is 0.0991. The summed E-state index contributed by atoms with van der Waals surface area (Å²) in [5.41, 5.74) is 7.04. The van der Waals surface area contributed by atoms with Gasteiger partial charge in [-0.3, -0.25) is 4.79 Å². The molecule has 41 heavy (non-hydrogen) atoms. The van der Waals surface area contributed by atoms with Crippen LogP contribution >= 0.6 is 12.9 Å². The predicted molar refractivity (Wildman–Crippen MR) is 180 cm³/mol. The van der Waals surface area contributed by atoms with Crippen LogP contribution in [0, 0.1) is 11.8 Å². The van der Waals surface area contributed by atoms with Gasteiger partial charge >= 0.3 is 0 Å². The van der Waals surface area contributed by atoms with Gasteiger partial charge in [-0.1, -0.05) is 98.6 Å². The Morgan fingerprint density at radius 3 is 2.12 bits per heavy atom. The number of carbonyl (C=O) groups excluding carboxylic acids is 1. The van der Waals surface area contributed by atoms with Gasteiger partial charge in [-0.15, -0.1) is 0 Å². The van der Waals surface area contributed by atoms with E-state index in [2.05, 4.69) is 64.8 Å². The Morgan fingerprint density at radius 1 is 1.05 bits per heavy atom. The van der Waals surface area contributed by atoms with Gasteiger partial charge < -0.3 is 24.7 Å². The van der Waals surface area contributed by atoms with Crippen LogP contribution in [0.1, 0.15) is 92.5 Å². The minimum absolute atomic E-state index is 0. The van der Waals surface area contributed by atoms with E-state index in [1.54, 1.807) is 31.4 Å². The van der Waals surface area contributed by atoms with E-state index in [0.717, 1.165) is 17.4 Å². The molecule has 1 atom stereocenters. The van der Waals surface area contributed by atoms with Crippen LogP contribution < -0.4 is 20.5 Å². The number of rotatable bonds is 12. The van der Waals surface area contributed by atoms with Gasteiger partial charge in [-0.25, -0.2) is 0 Å². The molecule has 3 N–H and O–H groups in total. The van der Waals surface area contributed by atoms with E-state index in [9.17, 15) is 4.79 Å². The van der Waals surface area contributed by atoms with Crippen LogP contribution in [-0.2, 0) is 10.8 Å². The maximum Gasteiger partial charge on any atom is 0.279 e. The van der Waals surface area contributed by atoms with Crippen molar-refractivity contribution in [2.75, 3.05) is 13.7 Å². The zero-order valence-electron chi connectivity index (χ0n) is 26.9. The summed E-state index contributed by atoms with van der Waals surface area (Å²) in [7, 11) is 1.72. The molecule has 0 unspecified atom stereocenters. The fraction of sp³-hybridized carbons (Fsp3) is 0.515. The highest BCUT2D eigenvalue weighted by molar-refractivity contribution is 7.75. The van der Waals surface area contributed by atoms with Gasteiger partial charge in [0, 0.05) is 20.1 Å². The number of nitrogens with one attached hydrogen (secondary N) is 1. The van der Waals surface area contributed by atoms with Gasteiger partial charge in [-0.2, -0.15) is 4.99 Å². The van der Waals surface area contributed by atoms with Crippen molar-refractivity contribution in [1.29, 1.82) is 0 Å². The Kier molecular flexibility index (Phi) is 25.4. The summed E-state index contributed by atoms with van der Waals surface area (Å²) in [6.07, 6.45) is 5.51. The molecule has 0 aliphatic rings. The smallest absolute Gasteiger partial charge is 0.279 e. The first-order valence-electron chi connectivity index (χ1n) is 14.5. The monoisotopic (exact) mass is 591 g/mol. The second kappa shape index (κ2) is 26.0. The zero-order valence-corrected chi connectivity index (χ0v) is 27.8. The van der Waals surface area contributed by atoms with Crippen LogP contribution in [0.2, 0.25) is 0 Å². The lowest BCUT2D eigenvalue weighted by Crippen LogP contribution is -2.17. The predicted octanol–water partition coefficient (Wildman–Crippen LogP) is 8.50. The molecule has 1 amide bonds. The van der Waals surface area contributed by atoms with Crippen LogP contribution in [0.5, 0.6) is 11.5 Å². The van der Waals surface area contributed by atoms with Gasteiger partial charge in [0.25, 0.3) is 5.91 Å². The van der Waals surface area contributed by atoms with Crippen LogP contribution in [0.15, 0.2) is 65.8 Å². The number of nitrogens with zero attached hydrogens (tertiary/aromatic N) is 1. The Bertz CT molecular complexity index is 984. The first kappa shape index (κ1) is 40.2. The summed E-state index contributed by atoms with van der Waals surface area (Å²) in [4.78, 5) is 16.4. The fourth-order valence-electron chi connectivity index (χ4n) is 2.92. The maximum atomic E-state index is 12.5. The number of hydrogen-bond acceptors (Lipinski definition) is 6. The standard InChI is InChI=1S/C21H25N3O4S.C6H14.C4H10.C2H6.H2/c1-15(13-27-29)28-19-11-17(21(25)24-20(22)8-9-23-2)10-18(12-19)26-14-16-6-4-3-5-7-16;1-4-5-6(2)3;1-4(2)3;1-2;/h3-12,15,23,29H,13-14H2,1-2H3,(H2,22,24,25);6H,4-5H2,1-3H3;4H,1-3H3;1-2H3;1H/b9-8-;;;;/t15-;;;;/m0..../s1. The molecule has 0 saturated carbocycles. The van der Waals surface area contributed by atoms with Crippen molar-refractivity contribution < 1.29 is 19.9 Å². The number of nitrogens with two attached hydrogens (primary N) is 1. The molecule has 8 heteroatoms. The summed E-state index contributed by atoms with van der Waals surface area (Å²) in [5, 5.41) is 2.78. The number of amides is 1. The maximum absolute atomic E-state index is 12.5. The minimum atomic E-state index is -0.503. The first-order valence-corrected chi connectivity index (χ1v) is 14.9. The van der Waals surface area contributed by atoms with Crippen LogP contribution in [0.25, 0.3) is 0 Å². The highest BCUT2D eigenvalue weighted by atomic mass is 32.1. The average molecular weight is 592 g/mol.